The van der Waals surface area contributed by atoms with Gasteiger partial charge in [-0.2, -0.15) is 0 Å². The van der Waals surface area contributed by atoms with E-state index in [0.29, 0.717) is 26.6 Å². The van der Waals surface area contributed by atoms with E-state index in [1.807, 2.05) is 19.9 Å². The van der Waals surface area contributed by atoms with Crippen molar-refractivity contribution in [2.24, 2.45) is 0 Å². The van der Waals surface area contributed by atoms with E-state index in [9.17, 15) is 9.59 Å². The van der Waals surface area contributed by atoms with Crippen LogP contribution in [0.15, 0.2) is 29.1 Å². The van der Waals surface area contributed by atoms with Crippen LogP contribution in [-0.4, -0.2) is 15.9 Å². The molecule has 7 heteroatoms. The number of thiophene rings is 1. The number of halogens is 1. The molecule has 0 aliphatic rings. The van der Waals surface area contributed by atoms with Crippen LogP contribution >= 0.6 is 22.9 Å². The first kappa shape index (κ1) is 17.6. The Morgan fingerprint density at radius 1 is 1.36 bits per heavy atom. The summed E-state index contributed by atoms with van der Waals surface area (Å²) in [5.74, 6) is -0.0897. The molecule has 1 aromatic carbocycles. The Hall–Kier alpha value is -2.18. The van der Waals surface area contributed by atoms with Crippen LogP contribution in [0.1, 0.15) is 34.9 Å². The number of fused-ring (bicyclic) bond motifs is 1. The smallest absolute Gasteiger partial charge is 0.311 e. The molecule has 25 heavy (non-hydrogen) atoms. The van der Waals surface area contributed by atoms with Crippen LogP contribution in [0.4, 0.5) is 0 Å². The molecule has 0 amide bonds. The molecule has 2 aromatic heterocycles. The molecule has 5 nitrogen and oxygen atoms in total. The molecule has 0 spiro atoms. The molecule has 0 aliphatic heterocycles. The lowest BCUT2D eigenvalue weighted by Crippen LogP contribution is -2.18. The number of rotatable bonds is 4. The summed E-state index contributed by atoms with van der Waals surface area (Å²) in [4.78, 5) is 33.4. The second kappa shape index (κ2) is 6.98. The Morgan fingerprint density at radius 2 is 2.08 bits per heavy atom. The standard InChI is InChI=1S/C18H17ClN2O3S/c1-9-11(3)25-18-15(9)17(23)20-16(21-18)10(2)24-14(22)8-12-6-4-5-7-13(12)19/h4-7,10H,8H2,1-3H3,(H,20,21,23)/t10-/m0/s1. The highest BCUT2D eigenvalue weighted by Crippen LogP contribution is 2.27. The zero-order valence-electron chi connectivity index (χ0n) is 14.1. The van der Waals surface area contributed by atoms with Gasteiger partial charge in [-0.15, -0.1) is 11.3 Å². The van der Waals surface area contributed by atoms with Crippen molar-refractivity contribution >= 4 is 39.1 Å². The lowest BCUT2D eigenvalue weighted by Gasteiger charge is -2.13. The summed E-state index contributed by atoms with van der Waals surface area (Å²) in [6.45, 7) is 5.54. The fourth-order valence-electron chi connectivity index (χ4n) is 2.56. The zero-order chi connectivity index (χ0) is 18.1. The number of benzene rings is 1. The monoisotopic (exact) mass is 376 g/mol. The molecule has 0 radical (unpaired) electrons. The number of nitrogens with one attached hydrogen (secondary N) is 1. The fourth-order valence-corrected chi connectivity index (χ4v) is 3.80. The number of aromatic amines is 1. The molecule has 0 saturated carbocycles. The Balaban J connectivity index is 1.80. The highest BCUT2D eigenvalue weighted by molar-refractivity contribution is 7.18. The van der Waals surface area contributed by atoms with Gasteiger partial charge in [-0.3, -0.25) is 9.59 Å². The molecular formula is C18H17ClN2O3S. The summed E-state index contributed by atoms with van der Waals surface area (Å²) in [5, 5.41) is 1.12. The van der Waals surface area contributed by atoms with Gasteiger partial charge in [0, 0.05) is 9.90 Å². The maximum atomic E-state index is 12.3. The number of esters is 1. The molecule has 1 atom stereocenters. The first-order chi connectivity index (χ1) is 11.9. The van der Waals surface area contributed by atoms with Crippen LogP contribution in [0.5, 0.6) is 0 Å². The molecular weight excluding hydrogens is 360 g/mol. The van der Waals surface area contributed by atoms with Gasteiger partial charge in [0.15, 0.2) is 11.9 Å². The third-order valence-corrected chi connectivity index (χ3v) is 5.51. The van der Waals surface area contributed by atoms with Crippen molar-refractivity contribution in [2.45, 2.75) is 33.3 Å². The maximum Gasteiger partial charge on any atom is 0.311 e. The molecule has 0 bridgehead atoms. The Morgan fingerprint density at radius 3 is 2.80 bits per heavy atom. The topological polar surface area (TPSA) is 72.0 Å². The normalized spacial score (nSPS) is 12.3. The van der Waals surface area contributed by atoms with Crippen LogP contribution in [0, 0.1) is 13.8 Å². The van der Waals surface area contributed by atoms with E-state index < -0.39 is 12.1 Å². The van der Waals surface area contributed by atoms with Crippen molar-refractivity contribution < 1.29 is 9.53 Å². The van der Waals surface area contributed by atoms with Crippen molar-refractivity contribution in [1.82, 2.24) is 9.97 Å². The minimum Gasteiger partial charge on any atom is -0.454 e. The van der Waals surface area contributed by atoms with Gasteiger partial charge in [0.25, 0.3) is 5.56 Å². The van der Waals surface area contributed by atoms with Gasteiger partial charge in [-0.1, -0.05) is 29.8 Å². The number of aryl methyl sites for hydroxylation is 2. The second-order valence-electron chi connectivity index (χ2n) is 5.81. The summed E-state index contributed by atoms with van der Waals surface area (Å²) < 4.78 is 5.41. The first-order valence-corrected chi connectivity index (χ1v) is 8.99. The number of H-pyrrole nitrogens is 1. The van der Waals surface area contributed by atoms with E-state index in [4.69, 9.17) is 16.3 Å². The number of aromatic nitrogens is 2. The lowest BCUT2D eigenvalue weighted by atomic mass is 10.1. The summed E-state index contributed by atoms with van der Waals surface area (Å²) in [6.07, 6.45) is -0.594. The van der Waals surface area contributed by atoms with Crippen LogP contribution < -0.4 is 5.56 Å². The van der Waals surface area contributed by atoms with Crippen molar-refractivity contribution in [3.05, 3.63) is 61.5 Å². The molecule has 0 fully saturated rings. The van der Waals surface area contributed by atoms with Crippen molar-refractivity contribution in [1.29, 1.82) is 0 Å². The molecule has 2 heterocycles. The third-order valence-electron chi connectivity index (χ3n) is 4.04. The van der Waals surface area contributed by atoms with Gasteiger partial charge in [0.05, 0.1) is 11.8 Å². The fraction of sp³-hybridized carbons (Fsp3) is 0.278. The number of hydrogen-bond donors (Lipinski definition) is 1. The Kier molecular flexibility index (Phi) is 4.92. The first-order valence-electron chi connectivity index (χ1n) is 7.79. The molecule has 0 saturated heterocycles. The maximum absolute atomic E-state index is 12.3. The number of carbonyl (C=O) groups excluding carboxylic acids is 1. The summed E-state index contributed by atoms with van der Waals surface area (Å²) in [5.41, 5.74) is 1.42. The molecule has 3 aromatic rings. The molecule has 3 rings (SSSR count). The molecule has 130 valence electrons. The van der Waals surface area contributed by atoms with E-state index in [-0.39, 0.29) is 12.0 Å². The summed E-state index contributed by atoms with van der Waals surface area (Å²) >= 11 is 7.52. The van der Waals surface area contributed by atoms with Crippen LogP contribution in [0.25, 0.3) is 10.2 Å². The van der Waals surface area contributed by atoms with Gasteiger partial charge in [0.2, 0.25) is 0 Å². The van der Waals surface area contributed by atoms with Crippen LogP contribution in [0.2, 0.25) is 5.02 Å². The predicted molar refractivity (Wildman–Crippen MR) is 99.4 cm³/mol. The van der Waals surface area contributed by atoms with Crippen molar-refractivity contribution in [3.63, 3.8) is 0 Å². The highest BCUT2D eigenvalue weighted by Gasteiger charge is 2.18. The summed E-state index contributed by atoms with van der Waals surface area (Å²) in [6, 6.07) is 7.11. The van der Waals surface area contributed by atoms with E-state index in [1.54, 1.807) is 25.1 Å². The quantitative estimate of drug-likeness (QED) is 0.696. The minimum absolute atomic E-state index is 0.0632. The van der Waals surface area contributed by atoms with E-state index in [2.05, 4.69) is 9.97 Å². The molecule has 0 unspecified atom stereocenters. The van der Waals surface area contributed by atoms with Crippen molar-refractivity contribution in [3.8, 4) is 0 Å². The van der Waals surface area contributed by atoms with Gasteiger partial charge in [-0.05, 0) is 38.0 Å². The highest BCUT2D eigenvalue weighted by atomic mass is 35.5. The average Bonchev–Trinajstić information content (AvgIpc) is 2.84. The average molecular weight is 377 g/mol. The van der Waals surface area contributed by atoms with Gasteiger partial charge in [0.1, 0.15) is 4.83 Å². The van der Waals surface area contributed by atoms with Crippen LogP contribution in [0.3, 0.4) is 0 Å². The minimum atomic E-state index is -0.658. The second-order valence-corrected chi connectivity index (χ2v) is 7.43. The summed E-state index contributed by atoms with van der Waals surface area (Å²) in [7, 11) is 0. The third kappa shape index (κ3) is 3.60. The van der Waals surface area contributed by atoms with E-state index >= 15 is 0 Å². The van der Waals surface area contributed by atoms with Gasteiger partial charge >= 0.3 is 5.97 Å². The number of carbonyl (C=O) groups is 1. The van der Waals surface area contributed by atoms with Crippen LogP contribution in [-0.2, 0) is 16.0 Å². The number of hydrogen-bond acceptors (Lipinski definition) is 5. The number of nitrogens with zero attached hydrogens (tertiary/aromatic N) is 1. The number of ether oxygens (including phenoxy) is 1. The van der Waals surface area contributed by atoms with Gasteiger partial charge in [-0.25, -0.2) is 4.98 Å². The Bertz CT molecular complexity index is 1010. The molecule has 1 N–H and O–H groups in total. The van der Waals surface area contributed by atoms with Crippen molar-refractivity contribution in [2.75, 3.05) is 0 Å². The Labute approximate surface area is 153 Å². The lowest BCUT2D eigenvalue weighted by molar-refractivity contribution is -0.148. The SMILES string of the molecule is Cc1sc2nc([C@H](C)OC(=O)Cc3ccccc3Cl)[nH]c(=O)c2c1C. The van der Waals surface area contributed by atoms with E-state index in [0.717, 1.165) is 10.4 Å². The predicted octanol–water partition coefficient (Wildman–Crippen LogP) is 4.10. The largest absolute Gasteiger partial charge is 0.454 e. The molecule has 0 aliphatic carbocycles. The van der Waals surface area contributed by atoms with Gasteiger partial charge < -0.3 is 9.72 Å². The van der Waals surface area contributed by atoms with E-state index in [1.165, 1.54) is 11.3 Å². The zero-order valence-corrected chi connectivity index (χ0v) is 15.6.